The second-order valence-electron chi connectivity index (χ2n) is 9.41. The fraction of sp³-hybridized carbons (Fsp3) is 0.462. The number of rotatable bonds is 7. The van der Waals surface area contributed by atoms with Gasteiger partial charge in [-0.2, -0.15) is 0 Å². The Bertz CT molecular complexity index is 1110. The first-order valence-electron chi connectivity index (χ1n) is 11.7. The molecule has 5 nitrogen and oxygen atoms in total. The minimum atomic E-state index is -0.934. The minimum absolute atomic E-state index is 0.251. The van der Waals surface area contributed by atoms with Crippen LogP contribution in [0, 0.1) is 5.92 Å². The highest BCUT2D eigenvalue weighted by molar-refractivity contribution is 5.95. The number of pyridine rings is 1. The van der Waals surface area contributed by atoms with Gasteiger partial charge in [0.15, 0.2) is 0 Å². The molecule has 0 radical (unpaired) electrons. The lowest BCUT2D eigenvalue weighted by atomic mass is 9.85. The van der Waals surface area contributed by atoms with Crippen molar-refractivity contribution in [3.05, 3.63) is 53.3 Å². The SMILES string of the molecule is Cn1ccc2cc(Nc3ncc(C4CC4)cc3C(=O)O)cc(CCC3CCCCC3)c21. The van der Waals surface area contributed by atoms with E-state index in [1.54, 1.807) is 6.07 Å². The van der Waals surface area contributed by atoms with Crippen LogP contribution in [-0.4, -0.2) is 20.6 Å². The number of nitrogens with zero attached hydrogens (tertiary/aromatic N) is 2. The number of aromatic carboxylic acids is 1. The highest BCUT2D eigenvalue weighted by Crippen LogP contribution is 2.41. The van der Waals surface area contributed by atoms with Gasteiger partial charge in [-0.05, 0) is 72.9 Å². The van der Waals surface area contributed by atoms with Crippen LogP contribution in [0.4, 0.5) is 11.5 Å². The highest BCUT2D eigenvalue weighted by atomic mass is 16.4. The van der Waals surface area contributed by atoms with Crippen molar-refractivity contribution in [3.8, 4) is 0 Å². The maximum atomic E-state index is 11.9. The molecule has 0 bridgehead atoms. The lowest BCUT2D eigenvalue weighted by molar-refractivity contribution is 0.0697. The summed E-state index contributed by atoms with van der Waals surface area (Å²) < 4.78 is 2.20. The number of hydrogen-bond donors (Lipinski definition) is 2. The zero-order chi connectivity index (χ0) is 21.4. The summed E-state index contributed by atoms with van der Waals surface area (Å²) in [6, 6.07) is 8.21. The molecule has 31 heavy (non-hydrogen) atoms. The molecule has 0 amide bonds. The Morgan fingerprint density at radius 1 is 1.16 bits per heavy atom. The van der Waals surface area contributed by atoms with Gasteiger partial charge in [0.25, 0.3) is 0 Å². The highest BCUT2D eigenvalue weighted by Gasteiger charge is 2.26. The summed E-state index contributed by atoms with van der Waals surface area (Å²) in [6.45, 7) is 0. The van der Waals surface area contributed by atoms with E-state index in [9.17, 15) is 9.90 Å². The summed E-state index contributed by atoms with van der Waals surface area (Å²) in [5, 5.41) is 14.2. The Hall–Kier alpha value is -2.82. The van der Waals surface area contributed by atoms with Crippen LogP contribution < -0.4 is 5.32 Å². The van der Waals surface area contributed by atoms with Gasteiger partial charge in [0.2, 0.25) is 0 Å². The summed E-state index contributed by atoms with van der Waals surface area (Å²) in [6.07, 6.45) is 15.3. The zero-order valence-electron chi connectivity index (χ0n) is 18.2. The molecule has 0 atom stereocenters. The molecule has 5 heteroatoms. The lowest BCUT2D eigenvalue weighted by Crippen LogP contribution is -2.08. The molecular formula is C26H31N3O2. The van der Waals surface area contributed by atoms with Crippen LogP contribution in [0.3, 0.4) is 0 Å². The fourth-order valence-corrected chi connectivity index (χ4v) is 5.16. The second-order valence-corrected chi connectivity index (χ2v) is 9.41. The lowest BCUT2D eigenvalue weighted by Gasteiger charge is -2.22. The third-order valence-corrected chi connectivity index (χ3v) is 7.05. The Balaban J connectivity index is 1.44. The van der Waals surface area contributed by atoms with Crippen LogP contribution in [-0.2, 0) is 13.5 Å². The van der Waals surface area contributed by atoms with Gasteiger partial charge in [0, 0.05) is 30.5 Å². The number of carboxylic acids is 1. The second kappa shape index (κ2) is 8.37. The molecule has 3 aromatic rings. The van der Waals surface area contributed by atoms with E-state index in [1.807, 2.05) is 6.20 Å². The van der Waals surface area contributed by atoms with Gasteiger partial charge in [-0.15, -0.1) is 0 Å². The quantitative estimate of drug-likeness (QED) is 0.466. The van der Waals surface area contributed by atoms with Crippen molar-refractivity contribution in [2.75, 3.05) is 5.32 Å². The van der Waals surface area contributed by atoms with E-state index in [2.05, 4.69) is 46.3 Å². The van der Waals surface area contributed by atoms with E-state index in [0.29, 0.717) is 11.7 Å². The van der Waals surface area contributed by atoms with Gasteiger partial charge in [-0.1, -0.05) is 32.1 Å². The average Bonchev–Trinajstić information content (AvgIpc) is 3.56. The number of carboxylic acid groups (broad SMARTS) is 1. The molecule has 2 saturated carbocycles. The predicted octanol–water partition coefficient (Wildman–Crippen LogP) is 6.41. The van der Waals surface area contributed by atoms with E-state index in [-0.39, 0.29) is 5.56 Å². The van der Waals surface area contributed by atoms with Gasteiger partial charge in [-0.3, -0.25) is 0 Å². The monoisotopic (exact) mass is 417 g/mol. The maximum Gasteiger partial charge on any atom is 0.339 e. The average molecular weight is 418 g/mol. The van der Waals surface area contributed by atoms with Crippen molar-refractivity contribution in [1.29, 1.82) is 0 Å². The fourth-order valence-electron chi connectivity index (χ4n) is 5.16. The first kappa shape index (κ1) is 20.1. The maximum absolute atomic E-state index is 11.9. The normalized spacial score (nSPS) is 17.2. The van der Waals surface area contributed by atoms with Crippen LogP contribution in [0.5, 0.6) is 0 Å². The third-order valence-electron chi connectivity index (χ3n) is 7.05. The molecule has 0 spiro atoms. The van der Waals surface area contributed by atoms with Crippen LogP contribution in [0.15, 0.2) is 36.7 Å². The van der Waals surface area contributed by atoms with Crippen molar-refractivity contribution in [3.63, 3.8) is 0 Å². The molecule has 2 aromatic heterocycles. The summed E-state index contributed by atoms with van der Waals surface area (Å²) in [4.78, 5) is 16.4. The molecule has 162 valence electrons. The van der Waals surface area contributed by atoms with Crippen LogP contribution >= 0.6 is 0 Å². The topological polar surface area (TPSA) is 67.2 Å². The Kier molecular flexibility index (Phi) is 5.43. The van der Waals surface area contributed by atoms with E-state index in [0.717, 1.165) is 36.4 Å². The number of anilines is 2. The first-order valence-corrected chi connectivity index (χ1v) is 11.7. The number of benzene rings is 1. The summed E-state index contributed by atoms with van der Waals surface area (Å²) >= 11 is 0. The predicted molar refractivity (Wildman–Crippen MR) is 124 cm³/mol. The van der Waals surface area contributed by atoms with Crippen molar-refractivity contribution >= 4 is 28.4 Å². The summed E-state index contributed by atoms with van der Waals surface area (Å²) in [5.41, 5.74) is 4.80. The molecule has 2 aliphatic carbocycles. The Morgan fingerprint density at radius 2 is 1.97 bits per heavy atom. The Morgan fingerprint density at radius 3 is 2.71 bits per heavy atom. The standard InChI is InChI=1S/C26H31N3O2/c1-29-12-11-20-14-22(13-19(24(20)29)8-7-17-5-3-2-4-6-17)28-25-23(26(30)31)15-21(16-27-25)18-9-10-18/h11-18H,2-10H2,1H3,(H,27,28)(H,30,31). The summed E-state index contributed by atoms with van der Waals surface area (Å²) in [5.74, 6) is 0.795. The number of nitrogens with one attached hydrogen (secondary N) is 1. The molecule has 5 rings (SSSR count). The molecular weight excluding hydrogens is 386 g/mol. The van der Waals surface area contributed by atoms with Gasteiger partial charge >= 0.3 is 5.97 Å². The molecule has 2 heterocycles. The first-order chi connectivity index (χ1) is 15.1. The molecule has 0 saturated heterocycles. The molecule has 1 aromatic carbocycles. The van der Waals surface area contributed by atoms with Gasteiger partial charge in [-0.25, -0.2) is 9.78 Å². The number of fused-ring (bicyclic) bond motifs is 1. The van der Waals surface area contributed by atoms with Crippen molar-refractivity contribution in [2.24, 2.45) is 13.0 Å². The van der Waals surface area contributed by atoms with Crippen molar-refractivity contribution in [1.82, 2.24) is 9.55 Å². The zero-order valence-corrected chi connectivity index (χ0v) is 18.2. The molecule has 2 aliphatic rings. The minimum Gasteiger partial charge on any atom is -0.478 e. The molecule has 2 N–H and O–H groups in total. The van der Waals surface area contributed by atoms with Gasteiger partial charge in [0.1, 0.15) is 11.4 Å². The summed E-state index contributed by atoms with van der Waals surface area (Å²) in [7, 11) is 2.10. The molecule has 0 unspecified atom stereocenters. The van der Waals surface area contributed by atoms with E-state index in [1.165, 1.54) is 55.0 Å². The number of hydrogen-bond acceptors (Lipinski definition) is 3. The number of aromatic nitrogens is 2. The largest absolute Gasteiger partial charge is 0.478 e. The van der Waals surface area contributed by atoms with Crippen LogP contribution in [0.25, 0.3) is 10.9 Å². The van der Waals surface area contributed by atoms with Crippen molar-refractivity contribution in [2.45, 2.75) is 63.7 Å². The smallest absolute Gasteiger partial charge is 0.339 e. The number of carbonyl (C=O) groups is 1. The van der Waals surface area contributed by atoms with E-state index in [4.69, 9.17) is 0 Å². The van der Waals surface area contributed by atoms with E-state index < -0.39 is 5.97 Å². The molecule has 0 aliphatic heterocycles. The number of aryl methyl sites for hydroxylation is 2. The Labute approximate surface area is 183 Å². The van der Waals surface area contributed by atoms with Crippen LogP contribution in [0.2, 0.25) is 0 Å². The third kappa shape index (κ3) is 4.32. The van der Waals surface area contributed by atoms with Crippen molar-refractivity contribution < 1.29 is 9.90 Å². The van der Waals surface area contributed by atoms with Gasteiger partial charge < -0.3 is 15.0 Å². The van der Waals surface area contributed by atoms with Gasteiger partial charge in [0.05, 0.1) is 5.52 Å². The van der Waals surface area contributed by atoms with Crippen LogP contribution in [0.1, 0.15) is 78.8 Å². The molecule has 2 fully saturated rings. The van der Waals surface area contributed by atoms with E-state index >= 15 is 0 Å².